The van der Waals surface area contributed by atoms with Crippen molar-refractivity contribution in [1.82, 2.24) is 24.6 Å². The molecule has 0 saturated heterocycles. The lowest BCUT2D eigenvalue weighted by Gasteiger charge is -2.08. The van der Waals surface area contributed by atoms with Gasteiger partial charge in [-0.3, -0.25) is 9.97 Å². The predicted molar refractivity (Wildman–Crippen MR) is 82.6 cm³/mol. The van der Waals surface area contributed by atoms with Gasteiger partial charge in [0.2, 0.25) is 11.8 Å². The van der Waals surface area contributed by atoms with Crippen LogP contribution >= 0.6 is 0 Å². The maximum Gasteiger partial charge on any atom is 0.388 e. The van der Waals surface area contributed by atoms with E-state index >= 15 is 0 Å². The van der Waals surface area contributed by atoms with Crippen LogP contribution in [0.15, 0.2) is 42.9 Å². The number of hydrogen-bond donors (Lipinski definition) is 1. The first-order valence-electron chi connectivity index (χ1n) is 6.92. The van der Waals surface area contributed by atoms with Gasteiger partial charge in [-0.25, -0.2) is 4.52 Å². The van der Waals surface area contributed by atoms with Gasteiger partial charge in [-0.1, -0.05) is 6.07 Å². The summed E-state index contributed by atoms with van der Waals surface area (Å²) in [5, 5.41) is 3.98. The molecule has 3 heterocycles. The van der Waals surface area contributed by atoms with E-state index in [0.29, 0.717) is 16.6 Å². The summed E-state index contributed by atoms with van der Waals surface area (Å²) in [7, 11) is 0. The summed E-state index contributed by atoms with van der Waals surface area (Å²) < 4.78 is 31.2. The van der Waals surface area contributed by atoms with Gasteiger partial charge in [0.05, 0.1) is 11.0 Å². The van der Waals surface area contributed by atoms with Crippen molar-refractivity contribution in [2.45, 2.75) is 6.61 Å². The minimum Gasteiger partial charge on any atom is -0.414 e. The van der Waals surface area contributed by atoms with Gasteiger partial charge in [0, 0.05) is 24.2 Å². The number of rotatable bonds is 3. The van der Waals surface area contributed by atoms with Gasteiger partial charge >= 0.3 is 6.61 Å². The fourth-order valence-electron chi connectivity index (χ4n) is 2.54. The van der Waals surface area contributed by atoms with E-state index < -0.39 is 6.61 Å². The molecule has 4 rings (SSSR count). The normalized spacial score (nSPS) is 11.5. The zero-order chi connectivity index (χ0) is 16.7. The highest BCUT2D eigenvalue weighted by atomic mass is 19.3. The fourth-order valence-corrected chi connectivity index (χ4v) is 2.54. The van der Waals surface area contributed by atoms with E-state index in [0.717, 1.165) is 11.1 Å². The van der Waals surface area contributed by atoms with Gasteiger partial charge in [0.15, 0.2) is 0 Å². The molecule has 0 saturated carbocycles. The van der Waals surface area contributed by atoms with E-state index in [9.17, 15) is 8.78 Å². The molecule has 9 heteroatoms. The number of aromatic nitrogens is 5. The van der Waals surface area contributed by atoms with Gasteiger partial charge in [0.25, 0.3) is 0 Å². The second kappa shape index (κ2) is 5.37. The first kappa shape index (κ1) is 14.2. The van der Waals surface area contributed by atoms with Gasteiger partial charge in [-0.05, 0) is 23.8 Å². The number of fused-ring (bicyclic) bond motifs is 2. The van der Waals surface area contributed by atoms with Gasteiger partial charge in [-0.15, -0.1) is 5.10 Å². The van der Waals surface area contributed by atoms with Crippen LogP contribution in [0.4, 0.5) is 14.7 Å². The molecule has 0 fully saturated rings. The van der Waals surface area contributed by atoms with E-state index in [2.05, 4.69) is 24.8 Å². The Morgan fingerprint density at radius 1 is 1.08 bits per heavy atom. The number of nitrogens with two attached hydrogens (primary N) is 1. The molecule has 2 N–H and O–H groups in total. The first-order chi connectivity index (χ1) is 11.6. The molecule has 1 aromatic carbocycles. The van der Waals surface area contributed by atoms with E-state index in [-0.39, 0.29) is 11.8 Å². The number of alkyl halides is 2. The van der Waals surface area contributed by atoms with Crippen LogP contribution in [-0.4, -0.2) is 31.2 Å². The largest absolute Gasteiger partial charge is 0.414 e. The molecule has 0 aliphatic rings. The number of halogens is 2. The summed E-state index contributed by atoms with van der Waals surface area (Å²) in [6.45, 7) is -3.02. The second-order valence-electron chi connectivity index (χ2n) is 4.94. The minimum atomic E-state index is -3.02. The van der Waals surface area contributed by atoms with Gasteiger partial charge in [0.1, 0.15) is 5.52 Å². The third-order valence-corrected chi connectivity index (χ3v) is 3.48. The highest BCUT2D eigenvalue weighted by Gasteiger charge is 2.17. The lowest BCUT2D eigenvalue weighted by atomic mass is 10.1. The van der Waals surface area contributed by atoms with Gasteiger partial charge < -0.3 is 10.5 Å². The number of hydrogen-bond acceptors (Lipinski definition) is 6. The molecular formula is C15H10F2N6O. The molecule has 0 unspecified atom stereocenters. The van der Waals surface area contributed by atoms with Crippen molar-refractivity contribution in [3.63, 3.8) is 0 Å². The summed E-state index contributed by atoms with van der Waals surface area (Å²) >= 11 is 0. The molecule has 3 aromatic heterocycles. The van der Waals surface area contributed by atoms with Crippen LogP contribution in [0.2, 0.25) is 0 Å². The highest BCUT2D eigenvalue weighted by Crippen LogP contribution is 2.32. The molecule has 0 atom stereocenters. The maximum absolute atomic E-state index is 12.7. The van der Waals surface area contributed by atoms with Crippen molar-refractivity contribution in [2.75, 3.05) is 5.73 Å². The monoisotopic (exact) mass is 328 g/mol. The summed E-state index contributed by atoms with van der Waals surface area (Å²) in [5.41, 5.74) is 8.62. The quantitative estimate of drug-likeness (QED) is 0.621. The first-order valence-corrected chi connectivity index (χ1v) is 6.92. The molecule has 0 aliphatic heterocycles. The van der Waals surface area contributed by atoms with Crippen LogP contribution < -0.4 is 10.5 Å². The third kappa shape index (κ3) is 2.35. The van der Waals surface area contributed by atoms with Gasteiger partial charge in [-0.2, -0.15) is 13.8 Å². The molecule has 120 valence electrons. The summed E-state index contributed by atoms with van der Waals surface area (Å²) in [6.07, 6.45) is 4.78. The van der Waals surface area contributed by atoms with Crippen molar-refractivity contribution >= 4 is 22.5 Å². The molecule has 0 aliphatic carbocycles. The Bertz CT molecular complexity index is 1050. The Balaban J connectivity index is 1.95. The van der Waals surface area contributed by atoms with Crippen molar-refractivity contribution in [1.29, 1.82) is 0 Å². The van der Waals surface area contributed by atoms with Crippen LogP contribution in [0.5, 0.6) is 5.88 Å². The Morgan fingerprint density at radius 2 is 1.88 bits per heavy atom. The standard InChI is InChI=1S/C15H10F2N6O/c16-14(17)24-13-12-9(3-6-23(12)22-15(18)21-13)8-1-2-10-11(7-8)20-5-4-19-10/h1-7,14H,(H2,18,22). The lowest BCUT2D eigenvalue weighted by Crippen LogP contribution is -2.09. The Labute approximate surface area is 133 Å². The zero-order valence-corrected chi connectivity index (χ0v) is 12.1. The maximum atomic E-state index is 12.7. The SMILES string of the molecule is Nc1nc(OC(F)F)c2c(-c3ccc4nccnc4c3)ccn2n1. The molecule has 4 aromatic rings. The fraction of sp³-hybridized carbons (Fsp3) is 0.0667. The van der Waals surface area contributed by atoms with E-state index in [1.807, 2.05) is 6.07 Å². The minimum absolute atomic E-state index is 0.162. The van der Waals surface area contributed by atoms with E-state index in [1.54, 1.807) is 36.8 Å². The summed E-state index contributed by atoms with van der Waals surface area (Å²) in [4.78, 5) is 12.2. The number of ether oxygens (including phenoxy) is 1. The zero-order valence-electron chi connectivity index (χ0n) is 12.1. The summed E-state index contributed by atoms with van der Waals surface area (Å²) in [6, 6.07) is 7.14. The number of nitrogen functional groups attached to an aromatic ring is 1. The Morgan fingerprint density at radius 3 is 2.67 bits per heavy atom. The molecule has 0 radical (unpaired) electrons. The Hall–Kier alpha value is -3.36. The Kier molecular flexibility index (Phi) is 3.19. The van der Waals surface area contributed by atoms with Crippen molar-refractivity contribution in [3.05, 3.63) is 42.9 Å². The van der Waals surface area contributed by atoms with Crippen molar-refractivity contribution in [3.8, 4) is 17.0 Å². The van der Waals surface area contributed by atoms with E-state index in [1.165, 1.54) is 4.52 Å². The van der Waals surface area contributed by atoms with Crippen molar-refractivity contribution < 1.29 is 13.5 Å². The number of anilines is 1. The van der Waals surface area contributed by atoms with Crippen molar-refractivity contribution in [2.24, 2.45) is 0 Å². The van der Waals surface area contributed by atoms with Crippen LogP contribution in [0, 0.1) is 0 Å². The lowest BCUT2D eigenvalue weighted by molar-refractivity contribution is -0.0519. The molecule has 0 spiro atoms. The average Bonchev–Trinajstić information content (AvgIpc) is 2.97. The average molecular weight is 328 g/mol. The van der Waals surface area contributed by atoms with Crippen LogP contribution in [-0.2, 0) is 0 Å². The van der Waals surface area contributed by atoms with Crippen LogP contribution in [0.3, 0.4) is 0 Å². The van der Waals surface area contributed by atoms with Crippen LogP contribution in [0.1, 0.15) is 0 Å². The number of benzene rings is 1. The molecule has 0 amide bonds. The smallest absolute Gasteiger partial charge is 0.388 e. The predicted octanol–water partition coefficient (Wildman–Crippen LogP) is 2.52. The second-order valence-corrected chi connectivity index (χ2v) is 4.94. The molecule has 7 nitrogen and oxygen atoms in total. The topological polar surface area (TPSA) is 91.2 Å². The summed E-state index contributed by atoms with van der Waals surface area (Å²) in [5.74, 6) is -0.443. The molecule has 24 heavy (non-hydrogen) atoms. The molecular weight excluding hydrogens is 318 g/mol. The number of nitrogens with zero attached hydrogens (tertiary/aromatic N) is 5. The van der Waals surface area contributed by atoms with E-state index in [4.69, 9.17) is 5.73 Å². The highest BCUT2D eigenvalue weighted by molar-refractivity contribution is 5.89. The third-order valence-electron chi connectivity index (χ3n) is 3.48. The molecule has 0 bridgehead atoms. The van der Waals surface area contributed by atoms with Crippen LogP contribution in [0.25, 0.3) is 27.7 Å².